The van der Waals surface area contributed by atoms with E-state index in [1.807, 2.05) is 0 Å². The Labute approximate surface area is 109 Å². The average molecular weight is 239 g/mol. The first-order valence-corrected chi connectivity index (χ1v) is 8.02. The van der Waals surface area contributed by atoms with Crippen molar-refractivity contribution in [3.05, 3.63) is 0 Å². The van der Waals surface area contributed by atoms with Crippen LogP contribution < -0.4 is 5.32 Å². The molecule has 1 aliphatic carbocycles. The Bertz CT molecular complexity index is 153. The van der Waals surface area contributed by atoms with E-state index in [2.05, 4.69) is 19.2 Å². The Hall–Kier alpha value is -0.0400. The Kier molecular flexibility index (Phi) is 8.78. The molecule has 0 atom stereocenters. The van der Waals surface area contributed by atoms with E-state index in [1.54, 1.807) is 0 Å². The van der Waals surface area contributed by atoms with E-state index in [9.17, 15) is 0 Å². The molecule has 1 heteroatoms. The van der Waals surface area contributed by atoms with Gasteiger partial charge in [0, 0.05) is 6.04 Å². The first-order valence-electron chi connectivity index (χ1n) is 8.02. The molecule has 0 spiro atoms. The fourth-order valence-electron chi connectivity index (χ4n) is 2.85. The highest BCUT2D eigenvalue weighted by Crippen LogP contribution is 2.20. The van der Waals surface area contributed by atoms with Crippen molar-refractivity contribution in [3.8, 4) is 0 Å². The second-order valence-corrected chi connectivity index (χ2v) is 6.19. The molecule has 1 nitrogen and oxygen atoms in total. The second kappa shape index (κ2) is 9.94. The Morgan fingerprint density at radius 2 is 1.18 bits per heavy atom. The molecule has 0 unspecified atom stereocenters. The SMILES string of the molecule is CC(C)NCC1CCCCCCCCCCC1. The van der Waals surface area contributed by atoms with Crippen LogP contribution in [0.3, 0.4) is 0 Å². The summed E-state index contributed by atoms with van der Waals surface area (Å²) < 4.78 is 0. The van der Waals surface area contributed by atoms with E-state index in [0.717, 1.165) is 5.92 Å². The van der Waals surface area contributed by atoms with Crippen LogP contribution in [0.15, 0.2) is 0 Å². The Morgan fingerprint density at radius 1 is 0.765 bits per heavy atom. The van der Waals surface area contributed by atoms with E-state index >= 15 is 0 Å². The van der Waals surface area contributed by atoms with E-state index < -0.39 is 0 Å². The quantitative estimate of drug-likeness (QED) is 0.738. The fourth-order valence-corrected chi connectivity index (χ4v) is 2.85. The summed E-state index contributed by atoms with van der Waals surface area (Å²) >= 11 is 0. The van der Waals surface area contributed by atoms with Gasteiger partial charge in [0.25, 0.3) is 0 Å². The van der Waals surface area contributed by atoms with Gasteiger partial charge in [-0.05, 0) is 25.3 Å². The van der Waals surface area contributed by atoms with Gasteiger partial charge in [0.15, 0.2) is 0 Å². The third-order valence-corrected chi connectivity index (χ3v) is 4.04. The van der Waals surface area contributed by atoms with Gasteiger partial charge in [-0.25, -0.2) is 0 Å². The molecule has 0 aromatic heterocycles. The van der Waals surface area contributed by atoms with Gasteiger partial charge >= 0.3 is 0 Å². The standard InChI is InChI=1S/C16H33N/c1-15(2)17-14-16-12-10-8-6-4-3-5-7-9-11-13-16/h15-17H,3-14H2,1-2H3. The molecular formula is C16H33N. The van der Waals surface area contributed by atoms with E-state index in [-0.39, 0.29) is 0 Å². The van der Waals surface area contributed by atoms with Gasteiger partial charge in [0.05, 0.1) is 0 Å². The lowest BCUT2D eigenvalue weighted by atomic mass is 9.92. The molecule has 0 aromatic rings. The molecule has 0 saturated heterocycles. The van der Waals surface area contributed by atoms with Gasteiger partial charge in [0.2, 0.25) is 0 Å². The third kappa shape index (κ3) is 8.65. The van der Waals surface area contributed by atoms with E-state index in [4.69, 9.17) is 0 Å². The summed E-state index contributed by atoms with van der Waals surface area (Å²) in [6.07, 6.45) is 16.2. The Balaban J connectivity index is 2.22. The summed E-state index contributed by atoms with van der Waals surface area (Å²) in [5.74, 6) is 0.942. The van der Waals surface area contributed by atoms with Crippen LogP contribution in [-0.4, -0.2) is 12.6 Å². The summed E-state index contributed by atoms with van der Waals surface area (Å²) in [5.41, 5.74) is 0. The normalized spacial score (nSPS) is 22.1. The van der Waals surface area contributed by atoms with Crippen LogP contribution in [0.4, 0.5) is 0 Å². The van der Waals surface area contributed by atoms with Crippen molar-refractivity contribution in [2.45, 2.75) is 90.5 Å². The van der Waals surface area contributed by atoms with E-state index in [0.29, 0.717) is 6.04 Å². The number of nitrogens with one attached hydrogen (secondary N) is 1. The van der Waals surface area contributed by atoms with Gasteiger partial charge in [-0.2, -0.15) is 0 Å². The monoisotopic (exact) mass is 239 g/mol. The molecule has 1 aliphatic rings. The minimum atomic E-state index is 0.649. The molecule has 1 rings (SSSR count). The molecule has 102 valence electrons. The lowest BCUT2D eigenvalue weighted by Crippen LogP contribution is -2.29. The molecule has 0 aromatic carbocycles. The van der Waals surface area contributed by atoms with Gasteiger partial charge in [-0.15, -0.1) is 0 Å². The largest absolute Gasteiger partial charge is 0.314 e. The predicted octanol–water partition coefficient (Wildman–Crippen LogP) is 4.91. The molecule has 0 radical (unpaired) electrons. The van der Waals surface area contributed by atoms with E-state index in [1.165, 1.54) is 77.2 Å². The summed E-state index contributed by atoms with van der Waals surface area (Å²) in [7, 11) is 0. The van der Waals surface area contributed by atoms with Crippen molar-refractivity contribution < 1.29 is 0 Å². The minimum Gasteiger partial charge on any atom is -0.314 e. The highest BCUT2D eigenvalue weighted by atomic mass is 14.9. The van der Waals surface area contributed by atoms with Crippen molar-refractivity contribution in [1.29, 1.82) is 0 Å². The Morgan fingerprint density at radius 3 is 1.59 bits per heavy atom. The summed E-state index contributed by atoms with van der Waals surface area (Å²) in [4.78, 5) is 0. The summed E-state index contributed by atoms with van der Waals surface area (Å²) in [6, 6.07) is 0.649. The molecule has 1 fully saturated rings. The van der Waals surface area contributed by atoms with Crippen LogP contribution in [0.1, 0.15) is 84.5 Å². The van der Waals surface area contributed by atoms with Crippen molar-refractivity contribution >= 4 is 0 Å². The molecular weight excluding hydrogens is 206 g/mol. The number of hydrogen-bond acceptors (Lipinski definition) is 1. The third-order valence-electron chi connectivity index (χ3n) is 4.04. The van der Waals surface area contributed by atoms with Crippen LogP contribution in [0.2, 0.25) is 0 Å². The highest BCUT2D eigenvalue weighted by molar-refractivity contribution is 4.66. The number of hydrogen-bond donors (Lipinski definition) is 1. The molecule has 0 bridgehead atoms. The lowest BCUT2D eigenvalue weighted by molar-refractivity contribution is 0.365. The van der Waals surface area contributed by atoms with Crippen molar-refractivity contribution in [1.82, 2.24) is 5.32 Å². The topological polar surface area (TPSA) is 12.0 Å². The minimum absolute atomic E-state index is 0.649. The van der Waals surface area contributed by atoms with Crippen LogP contribution in [0.5, 0.6) is 0 Å². The molecule has 1 N–H and O–H groups in total. The van der Waals surface area contributed by atoms with Gasteiger partial charge in [-0.1, -0.05) is 71.6 Å². The smallest absolute Gasteiger partial charge is 0.00104 e. The van der Waals surface area contributed by atoms with Gasteiger partial charge in [0.1, 0.15) is 0 Å². The van der Waals surface area contributed by atoms with Crippen LogP contribution >= 0.6 is 0 Å². The summed E-state index contributed by atoms with van der Waals surface area (Å²) in [6.45, 7) is 5.77. The van der Waals surface area contributed by atoms with Gasteiger partial charge < -0.3 is 5.32 Å². The van der Waals surface area contributed by atoms with Crippen molar-refractivity contribution in [2.75, 3.05) is 6.54 Å². The maximum absolute atomic E-state index is 3.63. The van der Waals surface area contributed by atoms with Crippen molar-refractivity contribution in [3.63, 3.8) is 0 Å². The molecule has 0 heterocycles. The molecule has 0 amide bonds. The maximum atomic E-state index is 3.63. The highest BCUT2D eigenvalue weighted by Gasteiger charge is 2.09. The van der Waals surface area contributed by atoms with Crippen LogP contribution in [0, 0.1) is 5.92 Å². The predicted molar refractivity (Wildman–Crippen MR) is 77.4 cm³/mol. The molecule has 17 heavy (non-hydrogen) atoms. The van der Waals surface area contributed by atoms with Crippen LogP contribution in [0.25, 0.3) is 0 Å². The van der Waals surface area contributed by atoms with Crippen molar-refractivity contribution in [2.24, 2.45) is 5.92 Å². The fraction of sp³-hybridized carbons (Fsp3) is 1.00. The first-order chi connectivity index (χ1) is 8.29. The average Bonchev–Trinajstić information content (AvgIpc) is 2.28. The molecule has 1 saturated carbocycles. The second-order valence-electron chi connectivity index (χ2n) is 6.19. The summed E-state index contributed by atoms with van der Waals surface area (Å²) in [5, 5.41) is 3.63. The molecule has 0 aliphatic heterocycles. The van der Waals surface area contributed by atoms with Crippen LogP contribution in [-0.2, 0) is 0 Å². The van der Waals surface area contributed by atoms with Gasteiger partial charge in [-0.3, -0.25) is 0 Å². The lowest BCUT2D eigenvalue weighted by Gasteiger charge is -2.20. The zero-order valence-electron chi connectivity index (χ0n) is 12.1. The maximum Gasteiger partial charge on any atom is 0.00104 e. The zero-order chi connectivity index (χ0) is 12.3. The number of rotatable bonds is 3. The first kappa shape index (κ1) is 15.0. The zero-order valence-corrected chi connectivity index (χ0v) is 12.1.